The van der Waals surface area contributed by atoms with Crippen LogP contribution in [0.1, 0.15) is 25.0 Å². The number of aliphatic imine (C=N–C) groups is 1. The molecule has 0 radical (unpaired) electrons. The van der Waals surface area contributed by atoms with Crippen LogP contribution in [0.3, 0.4) is 0 Å². The lowest BCUT2D eigenvalue weighted by Crippen LogP contribution is -2.44. The molecule has 7 nitrogen and oxygen atoms in total. The standard InChI is InChI=1S/C19H24N6OS/c1-3-20-18(22-12-19(2,26)16-7-8-27-11-16)21-10-14-5-4-6-15(9-14)17-23-13-24-25-17/h4-9,11,13,26H,3,10,12H2,1-2H3,(H2,20,21,22)(H,23,24,25). The molecule has 0 aliphatic heterocycles. The molecule has 1 unspecified atom stereocenters. The van der Waals surface area contributed by atoms with Crippen molar-refractivity contribution in [2.24, 2.45) is 4.99 Å². The summed E-state index contributed by atoms with van der Waals surface area (Å²) in [7, 11) is 0. The Balaban J connectivity index is 1.66. The van der Waals surface area contributed by atoms with E-state index in [1.807, 2.05) is 48.0 Å². The molecule has 0 aliphatic rings. The molecule has 0 saturated carbocycles. The van der Waals surface area contributed by atoms with Gasteiger partial charge in [0.2, 0.25) is 0 Å². The fraction of sp³-hybridized carbons (Fsp3) is 0.316. The Hall–Kier alpha value is -2.71. The number of aromatic amines is 1. The van der Waals surface area contributed by atoms with E-state index in [0.29, 0.717) is 19.0 Å². The predicted octanol–water partition coefficient (Wildman–Crippen LogP) is 2.50. The van der Waals surface area contributed by atoms with E-state index >= 15 is 0 Å². The van der Waals surface area contributed by atoms with Crippen LogP contribution in [0.4, 0.5) is 0 Å². The Morgan fingerprint density at radius 3 is 2.93 bits per heavy atom. The number of benzene rings is 1. The van der Waals surface area contributed by atoms with Gasteiger partial charge in [-0.25, -0.2) is 9.98 Å². The Morgan fingerprint density at radius 2 is 2.22 bits per heavy atom. The van der Waals surface area contributed by atoms with E-state index in [1.165, 1.54) is 6.33 Å². The van der Waals surface area contributed by atoms with E-state index in [2.05, 4.69) is 30.8 Å². The van der Waals surface area contributed by atoms with Gasteiger partial charge in [0.15, 0.2) is 11.8 Å². The second-order valence-electron chi connectivity index (χ2n) is 6.37. The second-order valence-corrected chi connectivity index (χ2v) is 7.15. The van der Waals surface area contributed by atoms with Gasteiger partial charge in [0.05, 0.1) is 13.1 Å². The van der Waals surface area contributed by atoms with Gasteiger partial charge in [-0.05, 0) is 47.9 Å². The summed E-state index contributed by atoms with van der Waals surface area (Å²) in [5.74, 6) is 1.40. The van der Waals surface area contributed by atoms with Crippen LogP contribution in [0.5, 0.6) is 0 Å². The number of hydrogen-bond acceptors (Lipinski definition) is 5. The van der Waals surface area contributed by atoms with Gasteiger partial charge in [0.1, 0.15) is 11.9 Å². The molecule has 2 heterocycles. The van der Waals surface area contributed by atoms with Crippen molar-refractivity contribution in [1.82, 2.24) is 25.8 Å². The van der Waals surface area contributed by atoms with Gasteiger partial charge < -0.3 is 15.7 Å². The molecule has 142 valence electrons. The van der Waals surface area contributed by atoms with E-state index in [-0.39, 0.29) is 0 Å². The van der Waals surface area contributed by atoms with Gasteiger partial charge in [-0.1, -0.05) is 18.2 Å². The summed E-state index contributed by atoms with van der Waals surface area (Å²) in [4.78, 5) is 8.81. The van der Waals surface area contributed by atoms with Crippen molar-refractivity contribution in [3.05, 3.63) is 58.5 Å². The van der Waals surface area contributed by atoms with Crippen LogP contribution in [-0.4, -0.2) is 39.3 Å². The number of hydrogen-bond donors (Lipinski definition) is 4. The molecular weight excluding hydrogens is 360 g/mol. The lowest BCUT2D eigenvalue weighted by atomic mass is 9.99. The molecule has 0 bridgehead atoms. The summed E-state index contributed by atoms with van der Waals surface area (Å²) < 4.78 is 0. The lowest BCUT2D eigenvalue weighted by Gasteiger charge is -2.24. The number of H-pyrrole nitrogens is 1. The molecule has 4 N–H and O–H groups in total. The normalized spacial score (nSPS) is 14.0. The smallest absolute Gasteiger partial charge is 0.191 e. The molecule has 27 heavy (non-hydrogen) atoms. The fourth-order valence-corrected chi connectivity index (χ4v) is 3.39. The van der Waals surface area contributed by atoms with Gasteiger partial charge in [-0.3, -0.25) is 5.10 Å². The topological polar surface area (TPSA) is 98.2 Å². The molecule has 1 atom stereocenters. The number of guanidine groups is 1. The first-order valence-electron chi connectivity index (χ1n) is 8.80. The van der Waals surface area contributed by atoms with Gasteiger partial charge >= 0.3 is 0 Å². The van der Waals surface area contributed by atoms with Crippen LogP contribution in [-0.2, 0) is 12.1 Å². The summed E-state index contributed by atoms with van der Waals surface area (Å²) in [6.45, 7) is 5.43. The Bertz CT molecular complexity index is 858. The zero-order valence-corrected chi connectivity index (χ0v) is 16.3. The van der Waals surface area contributed by atoms with Gasteiger partial charge in [0.25, 0.3) is 0 Å². The van der Waals surface area contributed by atoms with Crippen LogP contribution >= 0.6 is 11.3 Å². The highest BCUT2D eigenvalue weighted by Crippen LogP contribution is 2.22. The molecular formula is C19H24N6OS. The van der Waals surface area contributed by atoms with Crippen molar-refractivity contribution >= 4 is 17.3 Å². The second kappa shape index (κ2) is 8.79. The molecule has 0 fully saturated rings. The SMILES string of the molecule is CCNC(=NCc1cccc(-c2ncn[nH]2)c1)NCC(C)(O)c1ccsc1. The molecule has 1 aromatic carbocycles. The minimum atomic E-state index is -0.956. The van der Waals surface area contributed by atoms with Crippen molar-refractivity contribution in [3.63, 3.8) is 0 Å². The highest BCUT2D eigenvalue weighted by Gasteiger charge is 2.23. The quantitative estimate of drug-likeness (QED) is 0.371. The fourth-order valence-electron chi connectivity index (χ4n) is 2.60. The number of nitrogens with zero attached hydrogens (tertiary/aromatic N) is 3. The Labute approximate surface area is 162 Å². The van der Waals surface area contributed by atoms with Crippen molar-refractivity contribution in [2.45, 2.75) is 26.0 Å². The van der Waals surface area contributed by atoms with Gasteiger partial charge in [-0.2, -0.15) is 16.4 Å². The van der Waals surface area contributed by atoms with Crippen molar-refractivity contribution in [3.8, 4) is 11.4 Å². The molecule has 0 aliphatic carbocycles. The Morgan fingerprint density at radius 1 is 1.33 bits per heavy atom. The van der Waals surface area contributed by atoms with E-state index in [1.54, 1.807) is 18.3 Å². The maximum absolute atomic E-state index is 10.7. The van der Waals surface area contributed by atoms with Crippen LogP contribution in [0.15, 0.2) is 52.4 Å². The maximum atomic E-state index is 10.7. The summed E-state index contributed by atoms with van der Waals surface area (Å²) in [6, 6.07) is 9.95. The van der Waals surface area contributed by atoms with Crippen LogP contribution in [0, 0.1) is 0 Å². The third-order valence-electron chi connectivity index (χ3n) is 4.12. The molecule has 0 spiro atoms. The first kappa shape index (κ1) is 19.1. The Kier molecular flexibility index (Phi) is 6.20. The summed E-state index contributed by atoms with van der Waals surface area (Å²) >= 11 is 1.57. The molecule has 3 aromatic rings. The highest BCUT2D eigenvalue weighted by molar-refractivity contribution is 7.08. The minimum Gasteiger partial charge on any atom is -0.384 e. The van der Waals surface area contributed by atoms with Crippen molar-refractivity contribution < 1.29 is 5.11 Å². The molecule has 8 heteroatoms. The van der Waals surface area contributed by atoms with E-state index in [4.69, 9.17) is 0 Å². The largest absolute Gasteiger partial charge is 0.384 e. The molecule has 3 rings (SSSR count). The number of aromatic nitrogens is 3. The number of nitrogens with one attached hydrogen (secondary N) is 3. The van der Waals surface area contributed by atoms with Crippen molar-refractivity contribution in [1.29, 1.82) is 0 Å². The molecule has 0 amide bonds. The zero-order chi connectivity index (χ0) is 19.1. The van der Waals surface area contributed by atoms with E-state index in [9.17, 15) is 5.11 Å². The average Bonchev–Trinajstić information content (AvgIpc) is 3.38. The predicted molar refractivity (Wildman–Crippen MR) is 109 cm³/mol. The number of rotatable bonds is 7. The van der Waals surface area contributed by atoms with Crippen LogP contribution in [0.2, 0.25) is 0 Å². The highest BCUT2D eigenvalue weighted by atomic mass is 32.1. The first-order valence-corrected chi connectivity index (χ1v) is 9.74. The minimum absolute atomic E-state index is 0.369. The van der Waals surface area contributed by atoms with Crippen LogP contribution in [0.25, 0.3) is 11.4 Å². The number of aliphatic hydroxyl groups is 1. The average molecular weight is 385 g/mol. The van der Waals surface area contributed by atoms with Gasteiger partial charge in [0, 0.05) is 12.1 Å². The van der Waals surface area contributed by atoms with Gasteiger partial charge in [-0.15, -0.1) is 0 Å². The summed E-state index contributed by atoms with van der Waals surface area (Å²) in [6.07, 6.45) is 1.49. The zero-order valence-electron chi connectivity index (χ0n) is 15.4. The van der Waals surface area contributed by atoms with E-state index in [0.717, 1.165) is 29.1 Å². The maximum Gasteiger partial charge on any atom is 0.191 e. The monoisotopic (exact) mass is 384 g/mol. The molecule has 0 saturated heterocycles. The first-order chi connectivity index (χ1) is 13.1. The summed E-state index contributed by atoms with van der Waals surface area (Å²) in [5, 5.41) is 27.8. The number of thiophene rings is 1. The lowest BCUT2D eigenvalue weighted by molar-refractivity contribution is 0.0621. The third-order valence-corrected chi connectivity index (χ3v) is 4.81. The third kappa shape index (κ3) is 5.15. The van der Waals surface area contributed by atoms with Crippen molar-refractivity contribution in [2.75, 3.05) is 13.1 Å². The van der Waals surface area contributed by atoms with Crippen LogP contribution < -0.4 is 10.6 Å². The van der Waals surface area contributed by atoms with E-state index < -0.39 is 5.60 Å². The molecule has 2 aromatic heterocycles. The summed E-state index contributed by atoms with van der Waals surface area (Å²) in [5.41, 5.74) is 1.97.